The first-order valence-electron chi connectivity index (χ1n) is 5.53. The van der Waals surface area contributed by atoms with Gasteiger partial charge in [0.1, 0.15) is 0 Å². The molecule has 1 aromatic rings. The number of halogens is 1. The van der Waals surface area contributed by atoms with Gasteiger partial charge in [-0.25, -0.2) is 13.1 Å². The molecule has 3 N–H and O–H groups in total. The Hall–Kier alpha value is -0.430. The van der Waals surface area contributed by atoms with Gasteiger partial charge in [-0.15, -0.1) is 0 Å². The van der Waals surface area contributed by atoms with E-state index >= 15 is 0 Å². The smallest absolute Gasteiger partial charge is 0.241 e. The zero-order valence-corrected chi connectivity index (χ0v) is 11.7. The van der Waals surface area contributed by atoms with Gasteiger partial charge in [0.2, 0.25) is 10.0 Å². The fraction of sp³-hybridized carbons (Fsp3) is 0.455. The van der Waals surface area contributed by atoms with Crippen LogP contribution in [0.15, 0.2) is 33.6 Å². The van der Waals surface area contributed by atoms with Crippen LogP contribution in [0, 0.1) is 0 Å². The van der Waals surface area contributed by atoms with E-state index in [4.69, 9.17) is 5.73 Å². The fourth-order valence-electron chi connectivity index (χ4n) is 2.06. The molecule has 6 heteroatoms. The maximum Gasteiger partial charge on any atom is 0.241 e. The molecule has 0 bridgehead atoms. The number of nitrogens with one attached hydrogen (secondary N) is 1. The van der Waals surface area contributed by atoms with Crippen molar-refractivity contribution in [2.24, 2.45) is 5.73 Å². The van der Waals surface area contributed by atoms with Crippen LogP contribution >= 0.6 is 15.9 Å². The third kappa shape index (κ3) is 2.88. The van der Waals surface area contributed by atoms with Crippen molar-refractivity contribution < 1.29 is 8.42 Å². The van der Waals surface area contributed by atoms with Crippen molar-refractivity contribution >= 4 is 26.0 Å². The van der Waals surface area contributed by atoms with Crippen molar-refractivity contribution in [2.45, 2.75) is 36.2 Å². The molecule has 2 unspecified atom stereocenters. The van der Waals surface area contributed by atoms with Crippen molar-refractivity contribution in [3.63, 3.8) is 0 Å². The minimum atomic E-state index is -3.48. The summed E-state index contributed by atoms with van der Waals surface area (Å²) in [6.07, 6.45) is 2.66. The Morgan fingerprint density at radius 3 is 2.59 bits per heavy atom. The molecule has 1 fully saturated rings. The van der Waals surface area contributed by atoms with Gasteiger partial charge in [-0.1, -0.05) is 18.6 Å². The fourth-order valence-corrected chi connectivity index (χ4v) is 4.39. The number of sulfonamides is 1. The third-order valence-corrected chi connectivity index (χ3v) is 5.50. The lowest BCUT2D eigenvalue weighted by Gasteiger charge is -2.17. The molecule has 0 aliphatic heterocycles. The van der Waals surface area contributed by atoms with Crippen molar-refractivity contribution in [1.82, 2.24) is 4.72 Å². The van der Waals surface area contributed by atoms with E-state index in [0.29, 0.717) is 4.47 Å². The van der Waals surface area contributed by atoms with Crippen molar-refractivity contribution in [3.05, 3.63) is 28.7 Å². The third-order valence-electron chi connectivity index (χ3n) is 3.00. The summed E-state index contributed by atoms with van der Waals surface area (Å²) < 4.78 is 27.6. The van der Waals surface area contributed by atoms with Crippen LogP contribution in [0.25, 0.3) is 0 Å². The summed E-state index contributed by atoms with van der Waals surface area (Å²) in [5, 5.41) is 0. The van der Waals surface area contributed by atoms with Crippen molar-refractivity contribution in [1.29, 1.82) is 0 Å². The molecule has 0 amide bonds. The van der Waals surface area contributed by atoms with Crippen LogP contribution in [0.4, 0.5) is 0 Å². The number of hydrogen-bond donors (Lipinski definition) is 2. The predicted molar refractivity (Wildman–Crippen MR) is 70.1 cm³/mol. The molecule has 2 rings (SSSR count). The van der Waals surface area contributed by atoms with Gasteiger partial charge in [-0.2, -0.15) is 0 Å². The molecule has 1 aliphatic carbocycles. The van der Waals surface area contributed by atoms with Crippen LogP contribution in [0.1, 0.15) is 19.3 Å². The summed E-state index contributed by atoms with van der Waals surface area (Å²) >= 11 is 3.25. The SMILES string of the molecule is NC1CCCC1NS(=O)(=O)c1ccccc1Br. The standard InChI is InChI=1S/C11H15BrN2O2S/c12-8-4-1-2-7-11(8)17(15,16)14-10-6-3-5-9(10)13/h1-2,4,7,9-10,14H,3,5-6,13H2. The minimum absolute atomic E-state index is 0.0766. The van der Waals surface area contributed by atoms with E-state index in [0.717, 1.165) is 19.3 Å². The Bertz CT molecular complexity index is 504. The molecule has 0 aromatic heterocycles. The van der Waals surface area contributed by atoms with Gasteiger partial charge in [-0.05, 0) is 40.9 Å². The highest BCUT2D eigenvalue weighted by Crippen LogP contribution is 2.24. The number of hydrogen-bond acceptors (Lipinski definition) is 3. The molecule has 0 radical (unpaired) electrons. The van der Waals surface area contributed by atoms with E-state index in [1.165, 1.54) is 0 Å². The molecule has 0 saturated heterocycles. The average molecular weight is 319 g/mol. The molecule has 1 aliphatic rings. The van der Waals surface area contributed by atoms with Crippen LogP contribution < -0.4 is 10.5 Å². The highest BCUT2D eigenvalue weighted by molar-refractivity contribution is 9.10. The number of nitrogens with two attached hydrogens (primary N) is 1. The summed E-state index contributed by atoms with van der Waals surface area (Å²) in [6, 6.07) is 6.55. The molecule has 1 saturated carbocycles. The van der Waals surface area contributed by atoms with Gasteiger partial charge in [0.15, 0.2) is 0 Å². The highest BCUT2D eigenvalue weighted by atomic mass is 79.9. The van der Waals surface area contributed by atoms with Gasteiger partial charge >= 0.3 is 0 Å². The van der Waals surface area contributed by atoms with Crippen LogP contribution in [-0.4, -0.2) is 20.5 Å². The van der Waals surface area contributed by atoms with E-state index in [1.807, 2.05) is 0 Å². The number of benzene rings is 1. The molecule has 0 spiro atoms. The maximum absolute atomic E-state index is 12.2. The van der Waals surface area contributed by atoms with Crippen molar-refractivity contribution in [2.75, 3.05) is 0 Å². The molecule has 0 heterocycles. The normalized spacial score (nSPS) is 25.1. The zero-order valence-electron chi connectivity index (χ0n) is 9.27. The average Bonchev–Trinajstić information content (AvgIpc) is 2.64. The van der Waals surface area contributed by atoms with Crippen LogP contribution in [-0.2, 0) is 10.0 Å². The largest absolute Gasteiger partial charge is 0.326 e. The summed E-state index contributed by atoms with van der Waals surface area (Å²) in [7, 11) is -3.48. The second kappa shape index (κ2) is 5.06. The van der Waals surface area contributed by atoms with Gasteiger partial charge in [-0.3, -0.25) is 0 Å². The molecular formula is C11H15BrN2O2S. The van der Waals surface area contributed by atoms with E-state index in [9.17, 15) is 8.42 Å². The Morgan fingerprint density at radius 2 is 2.00 bits per heavy atom. The maximum atomic E-state index is 12.2. The highest BCUT2D eigenvalue weighted by Gasteiger charge is 2.29. The zero-order chi connectivity index (χ0) is 12.5. The molecule has 1 aromatic carbocycles. The Kier molecular flexibility index (Phi) is 3.87. The second-order valence-electron chi connectivity index (χ2n) is 4.25. The summed E-state index contributed by atoms with van der Waals surface area (Å²) in [5.41, 5.74) is 5.86. The topological polar surface area (TPSA) is 72.2 Å². The minimum Gasteiger partial charge on any atom is -0.326 e. The first-order chi connectivity index (χ1) is 8.00. The number of rotatable bonds is 3. The van der Waals surface area contributed by atoms with Crippen LogP contribution in [0.3, 0.4) is 0 Å². The lowest BCUT2D eigenvalue weighted by molar-refractivity contribution is 0.522. The molecule has 17 heavy (non-hydrogen) atoms. The lowest BCUT2D eigenvalue weighted by Crippen LogP contribution is -2.43. The van der Waals surface area contributed by atoms with Crippen LogP contribution in [0.2, 0.25) is 0 Å². The molecule has 94 valence electrons. The van der Waals surface area contributed by atoms with Gasteiger partial charge in [0.05, 0.1) is 4.90 Å². The first-order valence-corrected chi connectivity index (χ1v) is 7.81. The summed E-state index contributed by atoms with van der Waals surface area (Å²) in [4.78, 5) is 0.263. The van der Waals surface area contributed by atoms with Gasteiger partial charge in [0.25, 0.3) is 0 Å². The Labute approximate surface area is 110 Å². The predicted octanol–water partition coefficient (Wildman–Crippen LogP) is 1.61. The van der Waals surface area contributed by atoms with Gasteiger partial charge in [0, 0.05) is 16.6 Å². The van der Waals surface area contributed by atoms with Crippen LogP contribution in [0.5, 0.6) is 0 Å². The first kappa shape index (κ1) is 13.0. The quantitative estimate of drug-likeness (QED) is 0.889. The lowest BCUT2D eigenvalue weighted by atomic mass is 10.2. The summed E-state index contributed by atoms with van der Waals surface area (Å²) in [6.45, 7) is 0. The van der Waals surface area contributed by atoms with E-state index in [1.54, 1.807) is 24.3 Å². The summed E-state index contributed by atoms with van der Waals surface area (Å²) in [5.74, 6) is 0. The van der Waals surface area contributed by atoms with E-state index in [-0.39, 0.29) is 17.0 Å². The van der Waals surface area contributed by atoms with E-state index in [2.05, 4.69) is 20.7 Å². The molecular weight excluding hydrogens is 304 g/mol. The monoisotopic (exact) mass is 318 g/mol. The van der Waals surface area contributed by atoms with E-state index < -0.39 is 10.0 Å². The second-order valence-corrected chi connectivity index (χ2v) is 6.79. The Morgan fingerprint density at radius 1 is 1.29 bits per heavy atom. The molecule has 4 nitrogen and oxygen atoms in total. The van der Waals surface area contributed by atoms with Gasteiger partial charge < -0.3 is 5.73 Å². The molecule has 2 atom stereocenters. The Balaban J connectivity index is 2.22. The van der Waals surface area contributed by atoms with Crippen molar-refractivity contribution in [3.8, 4) is 0 Å².